The molecule has 0 aliphatic carbocycles. The summed E-state index contributed by atoms with van der Waals surface area (Å²) in [5, 5.41) is 39.1. The van der Waals surface area contributed by atoms with Crippen LogP contribution >= 0.6 is 0 Å². The standard InChI is InChI=1S/C68H56O12/c1-74-68(73)54-20-18-53(19-21-54)57-34-62(75-39-45-2-14-51(15-3-45)55-22-32-64(77-41-47-6-24-58(69)25-7-47)66(36-55)79-43-49-10-28-60(71)29-11-49)38-63(35-57)76-40-46-4-16-52(17-5-46)56-23-33-65(78-42-48-8-26-59(70)27-9-48)67(37-56)80-44-50-12-30-61(72)31-13-50/h2-38,69-72H,39-44H2,1H3. The van der Waals surface area contributed by atoms with Gasteiger partial charge < -0.3 is 53.6 Å². The Kier molecular flexibility index (Phi) is 16.7. The van der Waals surface area contributed by atoms with E-state index in [1.54, 1.807) is 84.9 Å². The molecule has 0 aliphatic heterocycles. The molecule has 0 bridgehead atoms. The largest absolute Gasteiger partial charge is 0.508 e. The van der Waals surface area contributed by atoms with Crippen molar-refractivity contribution in [1.29, 1.82) is 0 Å². The molecule has 0 saturated carbocycles. The SMILES string of the molecule is COC(=O)c1ccc(-c2cc(OCc3ccc(-c4ccc(OCc5ccc(O)cc5)c(OCc5ccc(O)cc5)c4)cc3)cc(OCc3ccc(-c4ccc(OCc5ccc(O)cc5)c(OCc5ccc(O)cc5)c4)cc3)c2)cc1. The maximum Gasteiger partial charge on any atom is 0.337 e. The molecule has 0 radical (unpaired) electrons. The number of phenolic OH excluding ortho intramolecular Hbond substituents is 4. The minimum atomic E-state index is -0.422. The number of ether oxygens (including phenoxy) is 7. The van der Waals surface area contributed by atoms with Crippen LogP contribution < -0.4 is 28.4 Å². The lowest BCUT2D eigenvalue weighted by Gasteiger charge is -2.16. The molecule has 12 heteroatoms. The zero-order valence-electron chi connectivity index (χ0n) is 43.7. The molecule has 0 atom stereocenters. The highest BCUT2D eigenvalue weighted by Crippen LogP contribution is 2.37. The first kappa shape index (κ1) is 53.1. The lowest BCUT2D eigenvalue weighted by Crippen LogP contribution is -2.01. The second-order valence-electron chi connectivity index (χ2n) is 18.9. The van der Waals surface area contributed by atoms with Crippen molar-refractivity contribution < 1.29 is 58.4 Å². The Hall–Kier alpha value is -10.3. The smallest absolute Gasteiger partial charge is 0.337 e. The first-order valence-corrected chi connectivity index (χ1v) is 25.7. The monoisotopic (exact) mass is 1060 g/mol. The second kappa shape index (κ2) is 25.2. The van der Waals surface area contributed by atoms with Crippen LogP contribution in [0.25, 0.3) is 33.4 Å². The number of aromatic hydroxyl groups is 4. The first-order valence-electron chi connectivity index (χ1n) is 25.7. The van der Waals surface area contributed by atoms with Crippen molar-refractivity contribution in [2.24, 2.45) is 0 Å². The van der Waals surface area contributed by atoms with E-state index in [4.69, 9.17) is 33.2 Å². The summed E-state index contributed by atoms with van der Waals surface area (Å²) < 4.78 is 42.9. The third kappa shape index (κ3) is 14.2. The van der Waals surface area contributed by atoms with Gasteiger partial charge in [0, 0.05) is 6.07 Å². The Morgan fingerprint density at radius 3 is 0.900 bits per heavy atom. The fourth-order valence-corrected chi connectivity index (χ4v) is 8.59. The highest BCUT2D eigenvalue weighted by atomic mass is 16.5. The summed E-state index contributed by atoms with van der Waals surface area (Å²) in [6.07, 6.45) is 0. The fourth-order valence-electron chi connectivity index (χ4n) is 8.59. The Morgan fingerprint density at radius 2 is 0.562 bits per heavy atom. The van der Waals surface area contributed by atoms with Crippen LogP contribution in [0.5, 0.6) is 57.5 Å². The number of phenols is 4. The second-order valence-corrected chi connectivity index (χ2v) is 18.9. The fraction of sp³-hybridized carbons (Fsp3) is 0.103. The number of methoxy groups -OCH3 is 1. The zero-order valence-corrected chi connectivity index (χ0v) is 43.7. The number of rotatable bonds is 22. The summed E-state index contributed by atoms with van der Waals surface area (Å²) in [6, 6.07) is 68.2. The molecule has 80 heavy (non-hydrogen) atoms. The molecule has 0 aliphatic rings. The van der Waals surface area contributed by atoms with Crippen molar-refractivity contribution in [3.63, 3.8) is 0 Å². The van der Waals surface area contributed by atoms with Gasteiger partial charge in [0.15, 0.2) is 23.0 Å². The molecule has 4 N–H and O–H groups in total. The minimum Gasteiger partial charge on any atom is -0.508 e. The van der Waals surface area contributed by atoms with Crippen molar-refractivity contribution in [2.75, 3.05) is 7.11 Å². The van der Waals surface area contributed by atoms with Crippen molar-refractivity contribution in [3.8, 4) is 90.9 Å². The van der Waals surface area contributed by atoms with Gasteiger partial charge in [-0.15, -0.1) is 0 Å². The third-order valence-electron chi connectivity index (χ3n) is 13.1. The number of esters is 1. The van der Waals surface area contributed by atoms with Gasteiger partial charge in [0.25, 0.3) is 0 Å². The van der Waals surface area contributed by atoms with Crippen LogP contribution in [0.4, 0.5) is 0 Å². The van der Waals surface area contributed by atoms with Crippen LogP contribution in [0.3, 0.4) is 0 Å². The van der Waals surface area contributed by atoms with Crippen molar-refractivity contribution >= 4 is 5.97 Å². The van der Waals surface area contributed by atoms with Crippen LogP contribution in [0.15, 0.2) is 224 Å². The molecule has 12 nitrogen and oxygen atoms in total. The average molecular weight is 1070 g/mol. The topological polar surface area (TPSA) is 163 Å². The molecule has 0 saturated heterocycles. The van der Waals surface area contributed by atoms with Crippen LogP contribution in [0.1, 0.15) is 43.7 Å². The van der Waals surface area contributed by atoms with Gasteiger partial charge in [-0.1, -0.05) is 121 Å². The van der Waals surface area contributed by atoms with E-state index in [9.17, 15) is 25.2 Å². The van der Waals surface area contributed by atoms with Crippen LogP contribution in [0, 0.1) is 0 Å². The predicted molar refractivity (Wildman–Crippen MR) is 305 cm³/mol. The average Bonchev–Trinajstić information content (AvgIpc) is 3.52. The van der Waals surface area contributed by atoms with Crippen LogP contribution in [0.2, 0.25) is 0 Å². The lowest BCUT2D eigenvalue weighted by molar-refractivity contribution is 0.0600. The van der Waals surface area contributed by atoms with Gasteiger partial charge in [-0.25, -0.2) is 4.79 Å². The van der Waals surface area contributed by atoms with E-state index in [2.05, 4.69) is 0 Å². The van der Waals surface area contributed by atoms with Gasteiger partial charge in [0.05, 0.1) is 12.7 Å². The Bertz CT molecular complexity index is 3440. The molecular weight excluding hydrogens is 1010 g/mol. The minimum absolute atomic E-state index is 0.177. The van der Waals surface area contributed by atoms with Crippen molar-refractivity contribution in [3.05, 3.63) is 263 Å². The third-order valence-corrected chi connectivity index (χ3v) is 13.1. The zero-order chi connectivity index (χ0) is 55.2. The summed E-state index contributed by atoms with van der Waals surface area (Å²) in [5.41, 5.74) is 11.3. The summed E-state index contributed by atoms with van der Waals surface area (Å²) in [5.74, 6) is 3.71. The van der Waals surface area contributed by atoms with Gasteiger partial charge in [-0.3, -0.25) is 0 Å². The van der Waals surface area contributed by atoms with Gasteiger partial charge in [0.1, 0.15) is 74.1 Å². The highest BCUT2D eigenvalue weighted by Gasteiger charge is 2.15. The normalized spacial score (nSPS) is 10.9. The number of benzene rings is 10. The molecule has 10 rings (SSSR count). The number of hydrogen-bond donors (Lipinski definition) is 4. The summed E-state index contributed by atoms with van der Waals surface area (Å²) in [7, 11) is 1.36. The van der Waals surface area contributed by atoms with E-state index in [-0.39, 0.29) is 62.6 Å². The van der Waals surface area contributed by atoms with Gasteiger partial charge in [-0.05, 0) is 164 Å². The highest BCUT2D eigenvalue weighted by molar-refractivity contribution is 5.90. The van der Waals surface area contributed by atoms with Gasteiger partial charge >= 0.3 is 5.97 Å². The van der Waals surface area contributed by atoms with Gasteiger partial charge in [0.2, 0.25) is 0 Å². The molecule has 0 fully saturated rings. The Balaban J connectivity index is 0.833. The van der Waals surface area contributed by atoms with Crippen molar-refractivity contribution in [1.82, 2.24) is 0 Å². The maximum atomic E-state index is 12.3. The van der Waals surface area contributed by atoms with E-state index in [0.29, 0.717) is 40.1 Å². The molecule has 0 unspecified atom stereocenters. The summed E-state index contributed by atoms with van der Waals surface area (Å²) in [4.78, 5) is 12.3. The van der Waals surface area contributed by atoms with E-state index in [1.807, 2.05) is 140 Å². The molecule has 10 aromatic rings. The maximum absolute atomic E-state index is 12.3. The molecule has 10 aromatic carbocycles. The molecule has 0 amide bonds. The summed E-state index contributed by atoms with van der Waals surface area (Å²) >= 11 is 0. The number of carbonyl (C=O) groups is 1. The number of carbonyl (C=O) groups excluding carboxylic acids is 1. The van der Waals surface area contributed by atoms with E-state index in [0.717, 1.165) is 66.8 Å². The molecular formula is C68H56O12. The summed E-state index contributed by atoms with van der Waals surface area (Å²) in [6.45, 7) is 1.62. The van der Waals surface area contributed by atoms with Crippen molar-refractivity contribution in [2.45, 2.75) is 39.6 Å². The molecule has 0 spiro atoms. The van der Waals surface area contributed by atoms with E-state index in [1.165, 1.54) is 7.11 Å². The van der Waals surface area contributed by atoms with E-state index >= 15 is 0 Å². The van der Waals surface area contributed by atoms with Crippen LogP contribution in [-0.2, 0) is 44.4 Å². The van der Waals surface area contributed by atoms with Gasteiger partial charge in [-0.2, -0.15) is 0 Å². The molecule has 400 valence electrons. The predicted octanol–water partition coefficient (Wildman–Crippen LogP) is 14.8. The molecule has 0 heterocycles. The molecule has 0 aromatic heterocycles. The first-order chi connectivity index (χ1) is 39.0. The Morgan fingerprint density at radius 1 is 0.287 bits per heavy atom. The number of hydrogen-bond acceptors (Lipinski definition) is 12. The quantitative estimate of drug-likeness (QED) is 0.0476. The van der Waals surface area contributed by atoms with Crippen LogP contribution in [-0.4, -0.2) is 33.5 Å². The van der Waals surface area contributed by atoms with E-state index < -0.39 is 5.97 Å². The Labute approximate surface area is 463 Å². The lowest BCUT2D eigenvalue weighted by atomic mass is 10.0.